The normalized spacial score (nSPS) is 12.7. The summed E-state index contributed by atoms with van der Waals surface area (Å²) in [6, 6.07) is 42.2. The molecule has 0 radical (unpaired) electrons. The van der Waals surface area contributed by atoms with Gasteiger partial charge in [-0.3, -0.25) is 0 Å². The van der Waals surface area contributed by atoms with Gasteiger partial charge in [0.25, 0.3) is 0 Å². The van der Waals surface area contributed by atoms with Crippen LogP contribution in [0, 0.1) is 0 Å². The average molecular weight is 734 g/mol. The van der Waals surface area contributed by atoms with Crippen molar-refractivity contribution in [1.82, 2.24) is 15.0 Å². The minimum atomic E-state index is -0.156. The van der Waals surface area contributed by atoms with E-state index in [9.17, 15) is 0 Å². The van der Waals surface area contributed by atoms with E-state index in [1.807, 2.05) is 36.4 Å². The summed E-state index contributed by atoms with van der Waals surface area (Å²) < 4.78 is 13.7. The number of hydrogen-bond acceptors (Lipinski definition) is 5. The van der Waals surface area contributed by atoms with E-state index >= 15 is 0 Å². The number of rotatable bonds is 4. The number of hydrogen-bond donors (Lipinski definition) is 0. The molecule has 0 aliphatic rings. The van der Waals surface area contributed by atoms with Crippen LogP contribution in [0.5, 0.6) is 0 Å². The fourth-order valence-electron chi connectivity index (χ4n) is 7.78. The Morgan fingerprint density at radius 3 is 1.57 bits per heavy atom. The summed E-state index contributed by atoms with van der Waals surface area (Å²) in [6.07, 6.45) is 0. The molecule has 3 aromatic heterocycles. The van der Waals surface area contributed by atoms with Gasteiger partial charge in [-0.2, -0.15) is 0 Å². The van der Waals surface area contributed by atoms with Crippen molar-refractivity contribution in [2.75, 3.05) is 0 Å². The standard InChI is InChI=1S/C51H47N3O2/c1-49(2,3)32-26-37-38-27-33(50(4,5)6)29-40(51(7,8)9)45(38)56-44(37)39(28-32)48-53-46(31-20-14-11-15-21-31)52-47(54-48)36-24-17-25-41-42(36)35-23-16-22-34(43(35)55-41)30-18-12-10-13-19-30/h10-29H,1-9H3. The molecule has 0 spiro atoms. The summed E-state index contributed by atoms with van der Waals surface area (Å²) in [7, 11) is 0. The zero-order chi connectivity index (χ0) is 39.1. The van der Waals surface area contributed by atoms with Gasteiger partial charge in [0.1, 0.15) is 22.3 Å². The van der Waals surface area contributed by atoms with E-state index in [-0.39, 0.29) is 16.2 Å². The maximum absolute atomic E-state index is 7.08. The van der Waals surface area contributed by atoms with Crippen LogP contribution in [0.25, 0.3) is 89.2 Å². The Morgan fingerprint density at radius 2 is 0.929 bits per heavy atom. The molecule has 0 amide bonds. The van der Waals surface area contributed by atoms with Gasteiger partial charge in [0, 0.05) is 43.8 Å². The Kier molecular flexibility index (Phi) is 8.10. The first-order valence-electron chi connectivity index (χ1n) is 19.5. The highest BCUT2D eigenvalue weighted by molar-refractivity contribution is 6.15. The van der Waals surface area contributed by atoms with Crippen LogP contribution in [-0.4, -0.2) is 15.0 Å². The van der Waals surface area contributed by atoms with E-state index in [1.165, 1.54) is 16.7 Å². The second kappa shape index (κ2) is 12.7. The molecule has 0 unspecified atom stereocenters. The highest BCUT2D eigenvalue weighted by Crippen LogP contribution is 2.45. The first-order valence-corrected chi connectivity index (χ1v) is 19.5. The van der Waals surface area contributed by atoms with Gasteiger partial charge in [-0.25, -0.2) is 15.0 Å². The number of benzene rings is 6. The van der Waals surface area contributed by atoms with Crippen molar-refractivity contribution in [2.45, 2.75) is 78.6 Å². The molecule has 0 N–H and O–H groups in total. The van der Waals surface area contributed by atoms with E-state index in [0.29, 0.717) is 17.5 Å². The van der Waals surface area contributed by atoms with Crippen LogP contribution in [-0.2, 0) is 16.2 Å². The fourth-order valence-corrected chi connectivity index (χ4v) is 7.78. The maximum Gasteiger partial charge on any atom is 0.167 e. The van der Waals surface area contributed by atoms with Crippen LogP contribution in [0.2, 0.25) is 0 Å². The lowest BCUT2D eigenvalue weighted by molar-refractivity contribution is 0.559. The number of furan rings is 2. The highest BCUT2D eigenvalue weighted by atomic mass is 16.3. The molecule has 0 saturated carbocycles. The minimum absolute atomic E-state index is 0.0456. The van der Waals surface area contributed by atoms with Gasteiger partial charge in [-0.1, -0.05) is 159 Å². The number of fused-ring (bicyclic) bond motifs is 6. The molecule has 3 heterocycles. The smallest absolute Gasteiger partial charge is 0.167 e. The summed E-state index contributed by atoms with van der Waals surface area (Å²) in [5, 5.41) is 4.17. The second-order valence-electron chi connectivity index (χ2n) is 18.2. The lowest BCUT2D eigenvalue weighted by Crippen LogP contribution is -2.16. The Labute approximate surface area is 328 Å². The van der Waals surface area contributed by atoms with Crippen LogP contribution in [0.15, 0.2) is 130 Å². The molecular weight excluding hydrogens is 687 g/mol. The van der Waals surface area contributed by atoms with Gasteiger partial charge in [0.15, 0.2) is 17.5 Å². The van der Waals surface area contributed by atoms with Gasteiger partial charge >= 0.3 is 0 Å². The Hall–Kier alpha value is -6.07. The van der Waals surface area contributed by atoms with Crippen molar-refractivity contribution in [3.63, 3.8) is 0 Å². The number of aromatic nitrogens is 3. The third-order valence-corrected chi connectivity index (χ3v) is 11.0. The SMILES string of the molecule is CC(C)(C)c1cc(-c2nc(-c3ccccc3)nc(-c3cccc4oc5c(-c6ccccc6)cccc5c34)n2)c2oc3c(C(C)(C)C)cc(C(C)(C)C)cc3c2c1. The van der Waals surface area contributed by atoms with E-state index in [1.54, 1.807) is 0 Å². The third kappa shape index (κ3) is 6.06. The van der Waals surface area contributed by atoms with Gasteiger partial charge in [0.05, 0.1) is 5.56 Å². The van der Waals surface area contributed by atoms with Gasteiger partial charge < -0.3 is 8.83 Å². The summed E-state index contributed by atoms with van der Waals surface area (Å²) in [5.41, 5.74) is 11.4. The first kappa shape index (κ1) is 35.6. The molecule has 0 fully saturated rings. The molecule has 5 nitrogen and oxygen atoms in total. The first-order chi connectivity index (χ1) is 26.6. The molecule has 56 heavy (non-hydrogen) atoms. The van der Waals surface area contributed by atoms with E-state index in [2.05, 4.69) is 147 Å². The van der Waals surface area contributed by atoms with Crippen molar-refractivity contribution in [2.24, 2.45) is 0 Å². The van der Waals surface area contributed by atoms with Crippen LogP contribution < -0.4 is 0 Å². The molecular formula is C51H47N3O2. The molecule has 0 bridgehead atoms. The maximum atomic E-state index is 7.08. The van der Waals surface area contributed by atoms with Crippen molar-refractivity contribution >= 4 is 43.9 Å². The molecule has 0 saturated heterocycles. The lowest BCUT2D eigenvalue weighted by Gasteiger charge is -2.25. The van der Waals surface area contributed by atoms with Gasteiger partial charge in [0.2, 0.25) is 0 Å². The van der Waals surface area contributed by atoms with Crippen LogP contribution in [0.4, 0.5) is 0 Å². The lowest BCUT2D eigenvalue weighted by atomic mass is 9.79. The number of para-hydroxylation sites is 1. The zero-order valence-corrected chi connectivity index (χ0v) is 33.7. The van der Waals surface area contributed by atoms with Crippen LogP contribution in [0.1, 0.15) is 79.0 Å². The molecule has 278 valence electrons. The van der Waals surface area contributed by atoms with Gasteiger partial charge in [-0.15, -0.1) is 0 Å². The van der Waals surface area contributed by atoms with Crippen LogP contribution in [0.3, 0.4) is 0 Å². The van der Waals surface area contributed by atoms with E-state index < -0.39 is 0 Å². The van der Waals surface area contributed by atoms with Gasteiger partial charge in [-0.05, 0) is 57.2 Å². The zero-order valence-electron chi connectivity index (χ0n) is 33.7. The van der Waals surface area contributed by atoms with Crippen molar-refractivity contribution in [1.29, 1.82) is 0 Å². The largest absolute Gasteiger partial charge is 0.455 e. The quantitative estimate of drug-likeness (QED) is 0.180. The van der Waals surface area contributed by atoms with E-state index in [0.717, 1.165) is 71.7 Å². The summed E-state index contributed by atoms with van der Waals surface area (Å²) >= 11 is 0. The fraction of sp³-hybridized carbons (Fsp3) is 0.235. The monoisotopic (exact) mass is 733 g/mol. The Morgan fingerprint density at radius 1 is 0.393 bits per heavy atom. The van der Waals surface area contributed by atoms with E-state index in [4.69, 9.17) is 23.8 Å². The topological polar surface area (TPSA) is 65.0 Å². The van der Waals surface area contributed by atoms with Crippen molar-refractivity contribution < 1.29 is 8.83 Å². The summed E-state index contributed by atoms with van der Waals surface area (Å²) in [4.78, 5) is 15.8. The highest BCUT2D eigenvalue weighted by Gasteiger charge is 2.29. The second-order valence-corrected chi connectivity index (χ2v) is 18.2. The number of nitrogens with zero attached hydrogens (tertiary/aromatic N) is 3. The molecule has 0 atom stereocenters. The molecule has 6 aromatic carbocycles. The van der Waals surface area contributed by atoms with Crippen molar-refractivity contribution in [3.8, 4) is 45.3 Å². The molecule has 9 rings (SSSR count). The molecule has 9 aromatic rings. The Bertz CT molecular complexity index is 2950. The van der Waals surface area contributed by atoms with Crippen molar-refractivity contribution in [3.05, 3.63) is 138 Å². The molecule has 0 aliphatic heterocycles. The average Bonchev–Trinajstić information content (AvgIpc) is 3.75. The predicted molar refractivity (Wildman–Crippen MR) is 232 cm³/mol. The predicted octanol–water partition coefficient (Wildman–Crippen LogP) is 14.2. The third-order valence-electron chi connectivity index (χ3n) is 11.0. The molecule has 0 aliphatic carbocycles. The minimum Gasteiger partial charge on any atom is -0.455 e. The Balaban J connectivity index is 1.36. The summed E-state index contributed by atoms with van der Waals surface area (Å²) in [6.45, 7) is 20.4. The molecule has 5 heteroatoms. The van der Waals surface area contributed by atoms with Crippen LogP contribution >= 0.6 is 0 Å². The summed E-state index contributed by atoms with van der Waals surface area (Å²) in [5.74, 6) is 1.73.